The number of hydrogen-bond acceptors (Lipinski definition) is 4. The topological polar surface area (TPSA) is 87.2 Å². The highest BCUT2D eigenvalue weighted by molar-refractivity contribution is 5.78. The van der Waals surface area contributed by atoms with E-state index in [0.29, 0.717) is 11.4 Å². The number of carbonyl (C=O) groups excluding carboxylic acids is 1. The summed E-state index contributed by atoms with van der Waals surface area (Å²) in [4.78, 5) is 19.6. The molecule has 2 aromatic carbocycles. The number of nitrogens with zero attached hydrogens (tertiary/aromatic N) is 1. The minimum Gasteiger partial charge on any atom is -0.394 e. The van der Waals surface area contributed by atoms with E-state index in [1.54, 1.807) is 0 Å². The van der Waals surface area contributed by atoms with Gasteiger partial charge in [-0.3, -0.25) is 4.79 Å². The fourth-order valence-electron chi connectivity index (χ4n) is 2.65. The predicted molar refractivity (Wildman–Crippen MR) is 94.9 cm³/mol. The van der Waals surface area contributed by atoms with E-state index < -0.39 is 6.04 Å². The molecule has 1 aromatic heterocycles. The summed E-state index contributed by atoms with van der Waals surface area (Å²) in [6, 6.07) is 10.9. The van der Waals surface area contributed by atoms with Gasteiger partial charge < -0.3 is 20.1 Å². The molecule has 0 fully saturated rings. The highest BCUT2D eigenvalue weighted by atomic mass is 19.1. The van der Waals surface area contributed by atoms with Gasteiger partial charge in [-0.1, -0.05) is 18.2 Å². The van der Waals surface area contributed by atoms with E-state index in [4.69, 9.17) is 4.74 Å². The zero-order chi connectivity index (χ0) is 18.5. The molecule has 0 unspecified atom stereocenters. The van der Waals surface area contributed by atoms with Crippen molar-refractivity contribution in [2.45, 2.75) is 19.6 Å². The molecule has 0 aliphatic carbocycles. The van der Waals surface area contributed by atoms with Crippen LogP contribution in [0.4, 0.5) is 4.39 Å². The quantitative estimate of drug-likeness (QED) is 0.606. The molecule has 0 bridgehead atoms. The molecule has 0 radical (unpaired) electrons. The first-order valence-electron chi connectivity index (χ1n) is 8.24. The number of rotatable bonds is 7. The van der Waals surface area contributed by atoms with Crippen LogP contribution in [-0.4, -0.2) is 34.2 Å². The lowest BCUT2D eigenvalue weighted by Gasteiger charge is -2.16. The van der Waals surface area contributed by atoms with Gasteiger partial charge in [0, 0.05) is 0 Å². The van der Waals surface area contributed by atoms with Crippen molar-refractivity contribution in [2.24, 2.45) is 0 Å². The second-order valence-electron chi connectivity index (χ2n) is 6.05. The third kappa shape index (κ3) is 4.44. The Morgan fingerprint density at radius 1 is 1.31 bits per heavy atom. The lowest BCUT2D eigenvalue weighted by Crippen LogP contribution is -2.33. The molecule has 1 amide bonds. The standard InChI is InChI=1S/C19H20FN3O3/c1-12-2-7-15-16(8-12)22-18(21-15)10-26-11-19(25)23-17(9-24)13-3-5-14(20)6-4-13/h2-8,17,24H,9-11H2,1H3,(H,21,22)(H,23,25)/t17-/m1/s1. The number of nitrogens with one attached hydrogen (secondary N) is 2. The third-order valence-corrected chi connectivity index (χ3v) is 3.95. The van der Waals surface area contributed by atoms with Crippen LogP contribution in [0.1, 0.15) is 23.0 Å². The van der Waals surface area contributed by atoms with E-state index in [1.165, 1.54) is 24.3 Å². The zero-order valence-electron chi connectivity index (χ0n) is 14.3. The maximum atomic E-state index is 13.0. The number of aliphatic hydroxyl groups is 1. The number of fused-ring (bicyclic) bond motifs is 1. The van der Waals surface area contributed by atoms with E-state index in [-0.39, 0.29) is 31.5 Å². The Hall–Kier alpha value is -2.77. The summed E-state index contributed by atoms with van der Waals surface area (Å²) < 4.78 is 18.4. The summed E-state index contributed by atoms with van der Waals surface area (Å²) >= 11 is 0. The van der Waals surface area contributed by atoms with Crippen molar-refractivity contribution in [1.82, 2.24) is 15.3 Å². The summed E-state index contributed by atoms with van der Waals surface area (Å²) in [5.41, 5.74) is 3.51. The number of imidazole rings is 1. The second kappa shape index (κ2) is 8.07. The summed E-state index contributed by atoms with van der Waals surface area (Å²) in [6.07, 6.45) is 0. The SMILES string of the molecule is Cc1ccc2nc(COCC(=O)N[C@H](CO)c3ccc(F)cc3)[nH]c2c1. The fourth-order valence-corrected chi connectivity index (χ4v) is 2.65. The van der Waals surface area contributed by atoms with Crippen molar-refractivity contribution in [3.05, 3.63) is 65.2 Å². The minimum absolute atomic E-state index is 0.168. The molecule has 3 rings (SSSR count). The van der Waals surface area contributed by atoms with Crippen LogP contribution in [0, 0.1) is 12.7 Å². The van der Waals surface area contributed by atoms with Crippen LogP contribution in [0.5, 0.6) is 0 Å². The number of halogens is 1. The number of ether oxygens (including phenoxy) is 1. The Morgan fingerprint density at radius 3 is 2.81 bits per heavy atom. The van der Waals surface area contributed by atoms with Crippen molar-refractivity contribution in [1.29, 1.82) is 0 Å². The van der Waals surface area contributed by atoms with Crippen molar-refractivity contribution in [2.75, 3.05) is 13.2 Å². The van der Waals surface area contributed by atoms with E-state index >= 15 is 0 Å². The lowest BCUT2D eigenvalue weighted by atomic mass is 10.1. The number of carbonyl (C=O) groups is 1. The van der Waals surface area contributed by atoms with Crippen LogP contribution in [-0.2, 0) is 16.1 Å². The van der Waals surface area contributed by atoms with Gasteiger partial charge in [-0.15, -0.1) is 0 Å². The smallest absolute Gasteiger partial charge is 0.246 e. The number of benzene rings is 2. The van der Waals surface area contributed by atoms with Crippen LogP contribution in [0.25, 0.3) is 11.0 Å². The predicted octanol–water partition coefficient (Wildman–Crippen LogP) is 2.38. The largest absolute Gasteiger partial charge is 0.394 e. The number of aromatic amines is 1. The average Bonchev–Trinajstić information content (AvgIpc) is 3.02. The fraction of sp³-hybridized carbons (Fsp3) is 0.263. The molecule has 1 heterocycles. The molecular formula is C19H20FN3O3. The van der Waals surface area contributed by atoms with Gasteiger partial charge in [0.15, 0.2) is 0 Å². The number of amides is 1. The van der Waals surface area contributed by atoms with Crippen molar-refractivity contribution in [3.63, 3.8) is 0 Å². The molecule has 6 nitrogen and oxygen atoms in total. The minimum atomic E-state index is -0.610. The molecule has 0 saturated heterocycles. The Kier molecular flexibility index (Phi) is 5.60. The van der Waals surface area contributed by atoms with Crippen LogP contribution in [0.15, 0.2) is 42.5 Å². The van der Waals surface area contributed by atoms with Crippen LogP contribution >= 0.6 is 0 Å². The van der Waals surface area contributed by atoms with Crippen molar-refractivity contribution >= 4 is 16.9 Å². The van der Waals surface area contributed by atoms with Gasteiger partial charge >= 0.3 is 0 Å². The van der Waals surface area contributed by atoms with Crippen molar-refractivity contribution in [3.8, 4) is 0 Å². The summed E-state index contributed by atoms with van der Waals surface area (Å²) in [5.74, 6) is -0.114. The normalized spacial score (nSPS) is 12.3. The van der Waals surface area contributed by atoms with Crippen LogP contribution in [0.2, 0.25) is 0 Å². The zero-order valence-corrected chi connectivity index (χ0v) is 14.3. The van der Waals surface area contributed by atoms with E-state index in [0.717, 1.165) is 16.6 Å². The van der Waals surface area contributed by atoms with Gasteiger partial charge in [0.25, 0.3) is 0 Å². The van der Waals surface area contributed by atoms with Crippen molar-refractivity contribution < 1.29 is 19.0 Å². The molecule has 0 aliphatic rings. The molecule has 0 spiro atoms. The van der Waals surface area contributed by atoms with Gasteiger partial charge in [-0.25, -0.2) is 9.37 Å². The second-order valence-corrected chi connectivity index (χ2v) is 6.05. The molecule has 26 heavy (non-hydrogen) atoms. The van der Waals surface area contributed by atoms with E-state index in [2.05, 4.69) is 15.3 Å². The number of aryl methyl sites for hydroxylation is 1. The summed E-state index contributed by atoms with van der Waals surface area (Å²) in [6.45, 7) is 1.70. The number of H-pyrrole nitrogens is 1. The summed E-state index contributed by atoms with van der Waals surface area (Å²) in [5, 5.41) is 12.1. The first-order chi connectivity index (χ1) is 12.5. The average molecular weight is 357 g/mol. The van der Waals surface area contributed by atoms with E-state index in [1.807, 2.05) is 25.1 Å². The number of hydrogen-bond donors (Lipinski definition) is 3. The summed E-state index contributed by atoms with van der Waals surface area (Å²) in [7, 11) is 0. The highest BCUT2D eigenvalue weighted by Crippen LogP contribution is 2.14. The molecule has 1 atom stereocenters. The Bertz CT molecular complexity index is 893. The Labute approximate surface area is 150 Å². The van der Waals surface area contributed by atoms with Gasteiger partial charge in [-0.05, 0) is 42.3 Å². The molecule has 0 aliphatic heterocycles. The molecule has 7 heteroatoms. The number of aliphatic hydroxyl groups excluding tert-OH is 1. The van der Waals surface area contributed by atoms with Gasteiger partial charge in [0.2, 0.25) is 5.91 Å². The third-order valence-electron chi connectivity index (χ3n) is 3.95. The first kappa shape index (κ1) is 18.0. The van der Waals surface area contributed by atoms with Crippen LogP contribution < -0.4 is 5.32 Å². The molecule has 3 N–H and O–H groups in total. The molecule has 3 aromatic rings. The number of aromatic nitrogens is 2. The lowest BCUT2D eigenvalue weighted by molar-refractivity contribution is -0.127. The Morgan fingerprint density at radius 2 is 2.08 bits per heavy atom. The molecular weight excluding hydrogens is 337 g/mol. The maximum Gasteiger partial charge on any atom is 0.246 e. The molecule has 136 valence electrons. The Balaban J connectivity index is 1.51. The van der Waals surface area contributed by atoms with E-state index in [9.17, 15) is 14.3 Å². The monoisotopic (exact) mass is 357 g/mol. The highest BCUT2D eigenvalue weighted by Gasteiger charge is 2.14. The molecule has 0 saturated carbocycles. The first-order valence-corrected chi connectivity index (χ1v) is 8.24. The maximum absolute atomic E-state index is 13.0. The van der Waals surface area contributed by atoms with Gasteiger partial charge in [-0.2, -0.15) is 0 Å². The van der Waals surface area contributed by atoms with Gasteiger partial charge in [0.05, 0.1) is 23.7 Å². The van der Waals surface area contributed by atoms with Crippen LogP contribution in [0.3, 0.4) is 0 Å². The van der Waals surface area contributed by atoms with Gasteiger partial charge in [0.1, 0.15) is 24.9 Å².